The van der Waals surface area contributed by atoms with Crippen LogP contribution in [0.5, 0.6) is 0 Å². The van der Waals surface area contributed by atoms with Gasteiger partial charge in [-0.05, 0) is 31.5 Å². The van der Waals surface area contributed by atoms with Gasteiger partial charge >= 0.3 is 0 Å². The van der Waals surface area contributed by atoms with E-state index < -0.39 is 0 Å². The Morgan fingerprint density at radius 1 is 1.47 bits per heavy atom. The first-order valence-corrected chi connectivity index (χ1v) is 6.24. The summed E-state index contributed by atoms with van der Waals surface area (Å²) in [6.45, 7) is 4.58. The number of carbonyl (C=O) groups excluding carboxylic acids is 1. The third-order valence-corrected chi connectivity index (χ3v) is 2.80. The van der Waals surface area contributed by atoms with E-state index in [1.807, 2.05) is 13.8 Å². The van der Waals surface area contributed by atoms with Crippen LogP contribution in [0.4, 0.5) is 11.5 Å². The fourth-order valence-corrected chi connectivity index (χ4v) is 1.76. The molecule has 3 N–H and O–H groups in total. The van der Waals surface area contributed by atoms with E-state index in [0.717, 1.165) is 12.1 Å². The van der Waals surface area contributed by atoms with E-state index in [1.165, 1.54) is 0 Å². The van der Waals surface area contributed by atoms with Crippen molar-refractivity contribution in [3.63, 3.8) is 0 Å². The molecule has 6 heteroatoms. The zero-order valence-electron chi connectivity index (χ0n) is 11.1. The molecule has 6 nitrogen and oxygen atoms in total. The third-order valence-electron chi connectivity index (χ3n) is 2.80. The third kappa shape index (κ3) is 2.73. The van der Waals surface area contributed by atoms with Gasteiger partial charge in [-0.3, -0.25) is 9.48 Å². The zero-order chi connectivity index (χ0) is 13.8. The minimum atomic E-state index is -0.251. The summed E-state index contributed by atoms with van der Waals surface area (Å²) in [4.78, 5) is 16.2. The molecule has 0 unspecified atom stereocenters. The summed E-state index contributed by atoms with van der Waals surface area (Å²) in [6.07, 6.45) is 2.37. The SMILES string of the molecule is CCc1cc(C(=O)Nc2ncccc2N)n(CC)n1. The van der Waals surface area contributed by atoms with Crippen molar-refractivity contribution < 1.29 is 4.79 Å². The second kappa shape index (κ2) is 5.51. The monoisotopic (exact) mass is 259 g/mol. The number of nitrogens with two attached hydrogens (primary N) is 1. The fourth-order valence-electron chi connectivity index (χ4n) is 1.76. The second-order valence-corrected chi connectivity index (χ2v) is 4.09. The van der Waals surface area contributed by atoms with E-state index in [9.17, 15) is 4.79 Å². The van der Waals surface area contributed by atoms with Gasteiger partial charge in [0.05, 0.1) is 11.4 Å². The maximum absolute atomic E-state index is 12.2. The molecule has 0 aromatic carbocycles. The van der Waals surface area contributed by atoms with Gasteiger partial charge in [0.15, 0.2) is 5.82 Å². The molecule has 100 valence electrons. The Balaban J connectivity index is 2.25. The molecule has 0 atom stereocenters. The molecule has 2 aromatic heterocycles. The quantitative estimate of drug-likeness (QED) is 0.875. The van der Waals surface area contributed by atoms with Crippen LogP contribution >= 0.6 is 0 Å². The fraction of sp³-hybridized carbons (Fsp3) is 0.308. The Labute approximate surface area is 111 Å². The molecule has 0 saturated carbocycles. The predicted octanol–water partition coefficient (Wildman–Crippen LogP) is 1.69. The summed E-state index contributed by atoms with van der Waals surface area (Å²) in [7, 11) is 0. The molecule has 0 fully saturated rings. The number of nitrogens with one attached hydrogen (secondary N) is 1. The summed E-state index contributed by atoms with van der Waals surface area (Å²) in [6, 6.07) is 5.20. The summed E-state index contributed by atoms with van der Waals surface area (Å²) in [5.41, 5.74) is 7.60. The van der Waals surface area contributed by atoms with Crippen molar-refractivity contribution in [3.05, 3.63) is 35.8 Å². The summed E-state index contributed by atoms with van der Waals surface area (Å²) >= 11 is 0. The molecule has 0 bridgehead atoms. The zero-order valence-corrected chi connectivity index (χ0v) is 11.1. The van der Waals surface area contributed by atoms with Gasteiger partial charge in [-0.2, -0.15) is 5.10 Å². The molecule has 0 aliphatic carbocycles. The maximum Gasteiger partial charge on any atom is 0.275 e. The number of anilines is 2. The highest BCUT2D eigenvalue weighted by molar-refractivity contribution is 6.03. The number of aryl methyl sites for hydroxylation is 2. The van der Waals surface area contributed by atoms with Crippen LogP contribution < -0.4 is 11.1 Å². The van der Waals surface area contributed by atoms with Gasteiger partial charge in [0.2, 0.25) is 0 Å². The van der Waals surface area contributed by atoms with Crippen molar-refractivity contribution in [2.45, 2.75) is 26.8 Å². The van der Waals surface area contributed by atoms with E-state index in [1.54, 1.807) is 29.1 Å². The van der Waals surface area contributed by atoms with Crippen LogP contribution in [0.25, 0.3) is 0 Å². The van der Waals surface area contributed by atoms with Crippen LogP contribution in [-0.2, 0) is 13.0 Å². The number of rotatable bonds is 4. The van der Waals surface area contributed by atoms with Crippen molar-refractivity contribution in [1.29, 1.82) is 0 Å². The summed E-state index contributed by atoms with van der Waals surface area (Å²) in [5, 5.41) is 7.04. The first-order valence-electron chi connectivity index (χ1n) is 6.24. The minimum Gasteiger partial charge on any atom is -0.396 e. The van der Waals surface area contributed by atoms with E-state index in [2.05, 4.69) is 15.4 Å². The van der Waals surface area contributed by atoms with Crippen molar-refractivity contribution in [2.24, 2.45) is 0 Å². The second-order valence-electron chi connectivity index (χ2n) is 4.09. The average Bonchev–Trinajstić information content (AvgIpc) is 2.84. The molecule has 0 spiro atoms. The number of pyridine rings is 1. The molecule has 0 saturated heterocycles. The lowest BCUT2D eigenvalue weighted by Gasteiger charge is -2.07. The lowest BCUT2D eigenvalue weighted by Crippen LogP contribution is -2.18. The van der Waals surface area contributed by atoms with Gasteiger partial charge in [0.1, 0.15) is 5.69 Å². The van der Waals surface area contributed by atoms with Crippen LogP contribution in [0.1, 0.15) is 30.0 Å². The van der Waals surface area contributed by atoms with E-state index in [0.29, 0.717) is 23.7 Å². The van der Waals surface area contributed by atoms with Crippen LogP contribution in [-0.4, -0.2) is 20.7 Å². The van der Waals surface area contributed by atoms with Gasteiger partial charge in [-0.25, -0.2) is 4.98 Å². The number of hydrogen-bond acceptors (Lipinski definition) is 4. The highest BCUT2D eigenvalue weighted by Crippen LogP contribution is 2.15. The van der Waals surface area contributed by atoms with Crippen LogP contribution in [0, 0.1) is 0 Å². The van der Waals surface area contributed by atoms with E-state index in [-0.39, 0.29) is 5.91 Å². The molecule has 2 aromatic rings. The number of aromatic nitrogens is 3. The molecule has 0 aliphatic heterocycles. The van der Waals surface area contributed by atoms with Gasteiger partial charge in [0, 0.05) is 12.7 Å². The Bertz CT molecular complexity index is 590. The van der Waals surface area contributed by atoms with Gasteiger partial charge in [-0.1, -0.05) is 6.92 Å². The topological polar surface area (TPSA) is 85.8 Å². The van der Waals surface area contributed by atoms with Gasteiger partial charge < -0.3 is 11.1 Å². The van der Waals surface area contributed by atoms with Gasteiger partial charge in [0.25, 0.3) is 5.91 Å². The van der Waals surface area contributed by atoms with Crippen molar-refractivity contribution in [2.75, 3.05) is 11.1 Å². The van der Waals surface area contributed by atoms with Crippen LogP contribution in [0.3, 0.4) is 0 Å². The number of carbonyl (C=O) groups is 1. The maximum atomic E-state index is 12.2. The lowest BCUT2D eigenvalue weighted by molar-refractivity contribution is 0.101. The number of hydrogen-bond donors (Lipinski definition) is 2. The van der Waals surface area contributed by atoms with Crippen molar-refractivity contribution in [1.82, 2.24) is 14.8 Å². The smallest absolute Gasteiger partial charge is 0.275 e. The van der Waals surface area contributed by atoms with E-state index >= 15 is 0 Å². The summed E-state index contributed by atoms with van der Waals surface area (Å²) in [5.74, 6) is 0.119. The molecule has 0 radical (unpaired) electrons. The average molecular weight is 259 g/mol. The van der Waals surface area contributed by atoms with Crippen LogP contribution in [0.15, 0.2) is 24.4 Å². The predicted molar refractivity (Wildman–Crippen MR) is 73.9 cm³/mol. The molecule has 19 heavy (non-hydrogen) atoms. The first kappa shape index (κ1) is 13.1. The highest BCUT2D eigenvalue weighted by Gasteiger charge is 2.15. The molecular weight excluding hydrogens is 242 g/mol. The first-order chi connectivity index (χ1) is 9.15. The van der Waals surface area contributed by atoms with Gasteiger partial charge in [-0.15, -0.1) is 0 Å². The number of amides is 1. The lowest BCUT2D eigenvalue weighted by atomic mass is 10.3. The molecule has 2 rings (SSSR count). The highest BCUT2D eigenvalue weighted by atomic mass is 16.2. The van der Waals surface area contributed by atoms with E-state index in [4.69, 9.17) is 5.73 Å². The Morgan fingerprint density at radius 3 is 2.89 bits per heavy atom. The molecule has 2 heterocycles. The largest absolute Gasteiger partial charge is 0.396 e. The standard InChI is InChI=1S/C13H17N5O/c1-3-9-8-11(18(4-2)17-9)13(19)16-12-10(14)6-5-7-15-12/h5-8H,3-4,14H2,1-2H3,(H,15,16,19). The molecular formula is C13H17N5O. The number of nitrogen functional groups attached to an aromatic ring is 1. The van der Waals surface area contributed by atoms with Crippen molar-refractivity contribution in [3.8, 4) is 0 Å². The molecule has 0 aliphatic rings. The Hall–Kier alpha value is -2.37. The minimum absolute atomic E-state index is 0.251. The normalized spacial score (nSPS) is 10.4. The molecule has 1 amide bonds. The summed E-state index contributed by atoms with van der Waals surface area (Å²) < 4.78 is 1.67. The number of nitrogens with zero attached hydrogens (tertiary/aromatic N) is 3. The van der Waals surface area contributed by atoms with Crippen LogP contribution in [0.2, 0.25) is 0 Å². The Kier molecular flexibility index (Phi) is 3.79. The van der Waals surface area contributed by atoms with Crippen molar-refractivity contribution >= 4 is 17.4 Å². The Morgan fingerprint density at radius 2 is 2.26 bits per heavy atom.